The van der Waals surface area contributed by atoms with Gasteiger partial charge in [0.15, 0.2) is 0 Å². The smallest absolute Gasteiger partial charge is 0.317 e. The molecule has 1 atom stereocenters. The number of carbonyl (C=O) groups excluding carboxylic acids is 1. The molecule has 1 aliphatic rings. The molecule has 1 heterocycles. The summed E-state index contributed by atoms with van der Waals surface area (Å²) < 4.78 is 13.3. The second-order valence-corrected chi connectivity index (χ2v) is 5.76. The van der Waals surface area contributed by atoms with Crippen LogP contribution >= 0.6 is 0 Å². The van der Waals surface area contributed by atoms with Crippen LogP contribution < -0.4 is 5.32 Å². The van der Waals surface area contributed by atoms with Gasteiger partial charge < -0.3 is 10.2 Å². The van der Waals surface area contributed by atoms with E-state index in [9.17, 15) is 9.18 Å². The first-order chi connectivity index (χ1) is 10.5. The lowest BCUT2D eigenvalue weighted by molar-refractivity contribution is 0.188. The van der Waals surface area contributed by atoms with E-state index in [4.69, 9.17) is 0 Å². The van der Waals surface area contributed by atoms with Crippen LogP contribution in [0.3, 0.4) is 0 Å². The molecule has 3 rings (SSSR count). The number of hydrogen-bond acceptors (Lipinski definition) is 1. The molecular weight excluding hydrogens is 279 g/mol. The zero-order valence-electron chi connectivity index (χ0n) is 12.8. The van der Waals surface area contributed by atoms with Crippen molar-refractivity contribution in [2.75, 3.05) is 11.9 Å². The zero-order valence-corrected chi connectivity index (χ0v) is 12.8. The molecule has 2 aromatic rings. The van der Waals surface area contributed by atoms with Crippen LogP contribution in [-0.2, 0) is 6.42 Å². The number of nitrogens with zero attached hydrogens (tertiary/aromatic N) is 1. The van der Waals surface area contributed by atoms with E-state index in [2.05, 4.69) is 5.32 Å². The fraction of sp³-hybridized carbons (Fsp3) is 0.278. The first-order valence-corrected chi connectivity index (χ1v) is 7.47. The minimum atomic E-state index is -0.219. The summed E-state index contributed by atoms with van der Waals surface area (Å²) in [6.45, 7) is 4.58. The summed E-state index contributed by atoms with van der Waals surface area (Å²) in [7, 11) is 0. The Morgan fingerprint density at radius 2 is 1.95 bits per heavy atom. The lowest BCUT2D eigenvalue weighted by Crippen LogP contribution is -2.41. The number of aryl methyl sites for hydroxylation is 1. The van der Waals surface area contributed by atoms with Gasteiger partial charge in [-0.3, -0.25) is 0 Å². The van der Waals surface area contributed by atoms with Crippen molar-refractivity contribution < 1.29 is 9.18 Å². The molecule has 0 saturated carbocycles. The van der Waals surface area contributed by atoms with Crippen molar-refractivity contribution in [3.05, 3.63) is 65.0 Å². The number of hydrogen-bond donors (Lipinski definition) is 1. The topological polar surface area (TPSA) is 32.3 Å². The number of nitrogens with one attached hydrogen (secondary N) is 1. The van der Waals surface area contributed by atoms with E-state index in [1.165, 1.54) is 6.07 Å². The summed E-state index contributed by atoms with van der Waals surface area (Å²) in [6, 6.07) is 12.3. The first-order valence-electron chi connectivity index (χ1n) is 7.47. The third-order valence-electron chi connectivity index (χ3n) is 4.21. The minimum absolute atomic E-state index is 0.0604. The van der Waals surface area contributed by atoms with Gasteiger partial charge in [0.1, 0.15) is 5.82 Å². The van der Waals surface area contributed by atoms with Gasteiger partial charge in [-0.25, -0.2) is 9.18 Å². The van der Waals surface area contributed by atoms with Gasteiger partial charge >= 0.3 is 6.03 Å². The standard InChI is InChI=1S/C18H19FN2O/c1-12-3-6-16(7-4-12)20-18(22)21-10-9-14-11-15(19)5-8-17(14)13(21)2/h3-8,11,13H,9-10H2,1-2H3,(H,20,22). The maximum atomic E-state index is 13.3. The second-order valence-electron chi connectivity index (χ2n) is 5.76. The molecule has 0 spiro atoms. The molecule has 4 heteroatoms. The third kappa shape index (κ3) is 2.82. The number of urea groups is 1. The SMILES string of the molecule is Cc1ccc(NC(=O)N2CCc3cc(F)ccc3C2C)cc1. The van der Waals surface area contributed by atoms with Gasteiger partial charge in [0.2, 0.25) is 0 Å². The van der Waals surface area contributed by atoms with E-state index in [0.717, 1.165) is 22.4 Å². The Bertz CT molecular complexity index is 697. The average Bonchev–Trinajstić information content (AvgIpc) is 2.49. The number of benzene rings is 2. The molecule has 1 aliphatic heterocycles. The monoisotopic (exact) mass is 298 g/mol. The number of amides is 2. The van der Waals surface area contributed by atoms with Gasteiger partial charge in [-0.2, -0.15) is 0 Å². The molecule has 1 unspecified atom stereocenters. The van der Waals surface area contributed by atoms with Crippen LogP contribution in [0.15, 0.2) is 42.5 Å². The molecule has 2 aromatic carbocycles. The van der Waals surface area contributed by atoms with Crippen molar-refractivity contribution >= 4 is 11.7 Å². The molecule has 3 nitrogen and oxygen atoms in total. The molecule has 0 saturated heterocycles. The van der Waals surface area contributed by atoms with Crippen molar-refractivity contribution in [3.8, 4) is 0 Å². The fourth-order valence-electron chi connectivity index (χ4n) is 2.91. The van der Waals surface area contributed by atoms with Gasteiger partial charge in [0.05, 0.1) is 6.04 Å². The molecular formula is C18H19FN2O. The molecule has 22 heavy (non-hydrogen) atoms. The van der Waals surface area contributed by atoms with E-state index >= 15 is 0 Å². The number of rotatable bonds is 1. The normalized spacial score (nSPS) is 17.0. The lowest BCUT2D eigenvalue weighted by Gasteiger charge is -2.35. The van der Waals surface area contributed by atoms with Crippen molar-refractivity contribution in [3.63, 3.8) is 0 Å². The highest BCUT2D eigenvalue weighted by Crippen LogP contribution is 2.30. The average molecular weight is 298 g/mol. The summed E-state index contributed by atoms with van der Waals surface area (Å²) in [5, 5.41) is 2.92. The molecule has 0 bridgehead atoms. The third-order valence-corrected chi connectivity index (χ3v) is 4.21. The highest BCUT2D eigenvalue weighted by molar-refractivity contribution is 5.89. The predicted molar refractivity (Wildman–Crippen MR) is 85.4 cm³/mol. The summed E-state index contributed by atoms with van der Waals surface area (Å²) in [6.07, 6.45) is 0.679. The maximum absolute atomic E-state index is 13.3. The quantitative estimate of drug-likeness (QED) is 0.837. The molecule has 0 aliphatic carbocycles. The van der Waals surface area contributed by atoms with Gasteiger partial charge in [-0.05, 0) is 55.7 Å². The maximum Gasteiger partial charge on any atom is 0.322 e. The van der Waals surface area contributed by atoms with Crippen LogP contribution in [0.25, 0.3) is 0 Å². The molecule has 2 amide bonds. The summed E-state index contributed by atoms with van der Waals surface area (Å²) >= 11 is 0. The molecule has 114 valence electrons. The molecule has 0 fully saturated rings. The Kier molecular flexibility index (Phi) is 3.84. The van der Waals surface area contributed by atoms with E-state index in [-0.39, 0.29) is 17.9 Å². The Labute approximate surface area is 129 Å². The minimum Gasteiger partial charge on any atom is -0.317 e. The van der Waals surface area contributed by atoms with Gasteiger partial charge in [-0.1, -0.05) is 23.8 Å². The van der Waals surface area contributed by atoms with Crippen molar-refractivity contribution in [2.24, 2.45) is 0 Å². The van der Waals surface area contributed by atoms with Crippen molar-refractivity contribution in [1.82, 2.24) is 4.90 Å². The van der Waals surface area contributed by atoms with Crippen molar-refractivity contribution in [1.29, 1.82) is 0 Å². The predicted octanol–water partition coefficient (Wildman–Crippen LogP) is 4.29. The number of carbonyl (C=O) groups is 1. The number of fused-ring (bicyclic) bond motifs is 1. The fourth-order valence-corrected chi connectivity index (χ4v) is 2.91. The highest BCUT2D eigenvalue weighted by Gasteiger charge is 2.27. The van der Waals surface area contributed by atoms with E-state index in [1.807, 2.05) is 38.1 Å². The van der Waals surface area contributed by atoms with Gasteiger partial charge in [0, 0.05) is 12.2 Å². The Hall–Kier alpha value is -2.36. The molecule has 0 radical (unpaired) electrons. The second kappa shape index (κ2) is 5.79. The summed E-state index contributed by atoms with van der Waals surface area (Å²) in [4.78, 5) is 14.3. The van der Waals surface area contributed by atoms with Crippen LogP contribution in [0.4, 0.5) is 14.9 Å². The van der Waals surface area contributed by atoms with Gasteiger partial charge in [0.25, 0.3) is 0 Å². The summed E-state index contributed by atoms with van der Waals surface area (Å²) in [5.74, 6) is -0.219. The summed E-state index contributed by atoms with van der Waals surface area (Å²) in [5.41, 5.74) is 3.95. The Morgan fingerprint density at radius 1 is 1.23 bits per heavy atom. The first kappa shape index (κ1) is 14.6. The van der Waals surface area contributed by atoms with Crippen LogP contribution in [0.5, 0.6) is 0 Å². The van der Waals surface area contributed by atoms with Crippen LogP contribution in [0.2, 0.25) is 0 Å². The number of halogens is 1. The Morgan fingerprint density at radius 3 is 2.68 bits per heavy atom. The van der Waals surface area contributed by atoms with Gasteiger partial charge in [-0.15, -0.1) is 0 Å². The van der Waals surface area contributed by atoms with E-state index in [1.54, 1.807) is 17.0 Å². The van der Waals surface area contributed by atoms with Crippen LogP contribution in [0.1, 0.15) is 29.7 Å². The van der Waals surface area contributed by atoms with Crippen molar-refractivity contribution in [2.45, 2.75) is 26.3 Å². The van der Waals surface area contributed by atoms with Crippen LogP contribution in [0, 0.1) is 12.7 Å². The lowest BCUT2D eigenvalue weighted by atomic mass is 9.94. The zero-order chi connectivity index (χ0) is 15.7. The largest absolute Gasteiger partial charge is 0.322 e. The number of anilines is 1. The highest BCUT2D eigenvalue weighted by atomic mass is 19.1. The molecule has 0 aromatic heterocycles. The Balaban J connectivity index is 1.76. The van der Waals surface area contributed by atoms with E-state index < -0.39 is 0 Å². The van der Waals surface area contributed by atoms with E-state index in [0.29, 0.717) is 13.0 Å². The molecule has 1 N–H and O–H groups in total. The van der Waals surface area contributed by atoms with Crippen LogP contribution in [-0.4, -0.2) is 17.5 Å².